The van der Waals surface area contributed by atoms with Crippen LogP contribution in [0.3, 0.4) is 0 Å². The molecule has 0 aliphatic carbocycles. The van der Waals surface area contributed by atoms with Gasteiger partial charge in [-0.05, 0) is 38.1 Å². The third-order valence-corrected chi connectivity index (χ3v) is 6.64. The van der Waals surface area contributed by atoms with Crippen LogP contribution in [-0.4, -0.2) is 43.6 Å². The number of carbonyl (C=O) groups excluding carboxylic acids is 1. The average Bonchev–Trinajstić information content (AvgIpc) is 3.42. The number of Topliss-reactive ketones (excluding diaryl/α,β-unsaturated/α-hetero) is 1. The molecule has 1 atom stereocenters. The zero-order chi connectivity index (χ0) is 23.0. The van der Waals surface area contributed by atoms with Crippen molar-refractivity contribution >= 4 is 34.2 Å². The molecule has 3 aromatic heterocycles. The van der Waals surface area contributed by atoms with Gasteiger partial charge in [0.25, 0.3) is 5.56 Å². The smallest absolute Gasteiger partial charge is 0.332 e. The first-order valence-electron chi connectivity index (χ1n) is 10.7. The molecule has 1 aliphatic heterocycles. The number of imidazole rings is 1. The maximum absolute atomic E-state index is 13.2. The summed E-state index contributed by atoms with van der Waals surface area (Å²) in [6.07, 6.45) is 3.88. The van der Waals surface area contributed by atoms with E-state index >= 15 is 0 Å². The van der Waals surface area contributed by atoms with E-state index < -0.39 is 11.2 Å². The van der Waals surface area contributed by atoms with Crippen molar-refractivity contribution in [3.63, 3.8) is 0 Å². The number of rotatable bonds is 6. The minimum Gasteiger partial charge on any atom is -0.341 e. The predicted octanol–water partition coefficient (Wildman–Crippen LogP) is 1.73. The Morgan fingerprint density at radius 1 is 1.31 bits per heavy atom. The van der Waals surface area contributed by atoms with E-state index in [4.69, 9.17) is 10.7 Å². The van der Waals surface area contributed by atoms with Crippen molar-refractivity contribution < 1.29 is 4.79 Å². The number of piperidine rings is 1. The Morgan fingerprint density at radius 2 is 2.09 bits per heavy atom. The number of anilines is 1. The lowest BCUT2D eigenvalue weighted by Crippen LogP contribution is -2.44. The fourth-order valence-corrected chi connectivity index (χ4v) is 4.68. The van der Waals surface area contributed by atoms with E-state index in [2.05, 4.69) is 4.90 Å². The van der Waals surface area contributed by atoms with Crippen LogP contribution in [0.15, 0.2) is 38.8 Å². The van der Waals surface area contributed by atoms with E-state index in [1.54, 1.807) is 12.1 Å². The van der Waals surface area contributed by atoms with Crippen LogP contribution in [0.4, 0.5) is 5.95 Å². The molecule has 32 heavy (non-hydrogen) atoms. The van der Waals surface area contributed by atoms with Crippen LogP contribution in [-0.2, 0) is 20.1 Å². The topological polar surface area (TPSA) is 108 Å². The quantitative estimate of drug-likeness (QED) is 0.447. The predicted molar refractivity (Wildman–Crippen MR) is 127 cm³/mol. The molecule has 2 N–H and O–H groups in total. The van der Waals surface area contributed by atoms with Crippen LogP contribution in [0.25, 0.3) is 11.2 Å². The van der Waals surface area contributed by atoms with E-state index in [1.807, 2.05) is 29.9 Å². The number of hydrogen-bond acceptors (Lipinski definition) is 7. The Morgan fingerprint density at radius 3 is 2.75 bits per heavy atom. The van der Waals surface area contributed by atoms with Crippen molar-refractivity contribution in [3.05, 3.63) is 54.9 Å². The number of aromatic nitrogens is 4. The van der Waals surface area contributed by atoms with Gasteiger partial charge in [0.05, 0.1) is 11.4 Å². The number of fused-ring (bicyclic) bond motifs is 1. The van der Waals surface area contributed by atoms with Crippen molar-refractivity contribution in [2.24, 2.45) is 12.8 Å². The summed E-state index contributed by atoms with van der Waals surface area (Å²) in [5.41, 5.74) is 6.88. The number of carbonyl (C=O) groups is 1. The first-order valence-corrected chi connectivity index (χ1v) is 11.6. The van der Waals surface area contributed by atoms with Gasteiger partial charge in [-0.15, -0.1) is 11.3 Å². The van der Waals surface area contributed by atoms with Gasteiger partial charge in [-0.2, -0.15) is 4.98 Å². The first-order chi connectivity index (χ1) is 15.3. The van der Waals surface area contributed by atoms with E-state index in [-0.39, 0.29) is 24.0 Å². The number of nitrogens with zero attached hydrogens (tertiary/aromatic N) is 5. The zero-order valence-electron chi connectivity index (χ0n) is 18.6. The van der Waals surface area contributed by atoms with E-state index in [9.17, 15) is 14.4 Å². The van der Waals surface area contributed by atoms with Crippen molar-refractivity contribution in [1.29, 1.82) is 0 Å². The van der Waals surface area contributed by atoms with Crippen LogP contribution in [0.2, 0.25) is 0 Å². The highest BCUT2D eigenvalue weighted by atomic mass is 32.1. The molecule has 10 heteroatoms. The highest BCUT2D eigenvalue weighted by molar-refractivity contribution is 7.12. The van der Waals surface area contributed by atoms with Crippen LogP contribution in [0.1, 0.15) is 36.4 Å². The minimum atomic E-state index is -0.554. The fraction of sp³-hybridized carbons (Fsp3) is 0.455. The molecule has 0 radical (unpaired) electrons. The number of nitrogens with two attached hydrogens (primary N) is 1. The average molecular weight is 457 g/mol. The Bertz CT molecular complexity index is 1290. The normalized spacial score (nSPS) is 16.5. The van der Waals surface area contributed by atoms with Gasteiger partial charge in [0.1, 0.15) is 0 Å². The third kappa shape index (κ3) is 4.07. The number of allylic oxidation sites excluding steroid dienone is 2. The molecule has 1 saturated heterocycles. The second-order valence-electron chi connectivity index (χ2n) is 8.46. The van der Waals surface area contributed by atoms with Crippen LogP contribution >= 0.6 is 11.3 Å². The molecule has 1 unspecified atom stereocenters. The Labute approximate surface area is 189 Å². The Kier molecular flexibility index (Phi) is 6.16. The van der Waals surface area contributed by atoms with E-state index in [0.717, 1.165) is 29.5 Å². The van der Waals surface area contributed by atoms with Crippen molar-refractivity contribution in [1.82, 2.24) is 18.7 Å². The summed E-state index contributed by atoms with van der Waals surface area (Å²) >= 11 is 1.32. The Hall–Kier alpha value is -2.98. The summed E-state index contributed by atoms with van der Waals surface area (Å²) in [5, 5.41) is 1.82. The molecule has 1 aliphatic rings. The summed E-state index contributed by atoms with van der Waals surface area (Å²) in [6.45, 7) is 5.63. The zero-order valence-corrected chi connectivity index (χ0v) is 19.4. The van der Waals surface area contributed by atoms with Gasteiger partial charge in [0.2, 0.25) is 5.95 Å². The van der Waals surface area contributed by atoms with Gasteiger partial charge in [0, 0.05) is 32.7 Å². The summed E-state index contributed by atoms with van der Waals surface area (Å²) < 4.78 is 4.20. The maximum Gasteiger partial charge on any atom is 0.332 e. The molecule has 170 valence electrons. The fourth-order valence-electron chi connectivity index (χ4n) is 4.03. The lowest BCUT2D eigenvalue weighted by molar-refractivity contribution is 0.0975. The SMILES string of the molecule is CC(C)=CCn1c(N2CCCC(N)C2)nc2c1c(=O)n(C)c(=O)n2CC(=O)c1cccs1. The molecule has 3 aromatic rings. The Balaban J connectivity index is 1.93. The monoisotopic (exact) mass is 456 g/mol. The molecule has 0 bridgehead atoms. The lowest BCUT2D eigenvalue weighted by Gasteiger charge is -2.31. The molecule has 4 heterocycles. The maximum atomic E-state index is 13.2. The van der Waals surface area contributed by atoms with Crippen molar-refractivity contribution in [3.8, 4) is 0 Å². The minimum absolute atomic E-state index is 0.0193. The highest BCUT2D eigenvalue weighted by Crippen LogP contribution is 2.24. The van der Waals surface area contributed by atoms with Gasteiger partial charge in [-0.1, -0.05) is 17.7 Å². The molecule has 0 saturated carbocycles. The van der Waals surface area contributed by atoms with Gasteiger partial charge in [-0.25, -0.2) is 4.79 Å². The van der Waals surface area contributed by atoms with Crippen molar-refractivity contribution in [2.45, 2.75) is 45.8 Å². The molecule has 4 rings (SSSR count). The molecule has 9 nitrogen and oxygen atoms in total. The molecule has 0 aromatic carbocycles. The standard InChI is InChI=1S/C22H28N6O3S/c1-14(2)8-10-27-18-19(24-21(27)26-9-4-6-15(23)12-26)28(22(31)25(3)20(18)30)13-16(29)17-7-5-11-32-17/h5,7-8,11,15H,4,6,9-10,12-13,23H2,1-3H3. The molecular weight excluding hydrogens is 428 g/mol. The summed E-state index contributed by atoms with van der Waals surface area (Å²) in [4.78, 5) is 46.4. The molecular formula is C22H28N6O3S. The lowest BCUT2D eigenvalue weighted by atomic mass is 10.1. The van der Waals surface area contributed by atoms with Crippen LogP contribution in [0.5, 0.6) is 0 Å². The van der Waals surface area contributed by atoms with Gasteiger partial charge in [-0.3, -0.25) is 18.7 Å². The largest absolute Gasteiger partial charge is 0.341 e. The summed E-state index contributed by atoms with van der Waals surface area (Å²) in [7, 11) is 1.44. The molecule has 1 fully saturated rings. The third-order valence-electron chi connectivity index (χ3n) is 5.73. The number of ketones is 1. The van der Waals surface area contributed by atoms with Crippen molar-refractivity contribution in [2.75, 3.05) is 18.0 Å². The second kappa shape index (κ2) is 8.87. The van der Waals surface area contributed by atoms with Crippen LogP contribution < -0.4 is 21.9 Å². The van der Waals surface area contributed by atoms with Gasteiger partial charge < -0.3 is 15.2 Å². The number of thiophene rings is 1. The highest BCUT2D eigenvalue weighted by Gasteiger charge is 2.26. The van der Waals surface area contributed by atoms with E-state index in [0.29, 0.717) is 29.4 Å². The molecule has 0 amide bonds. The molecule has 0 spiro atoms. The van der Waals surface area contributed by atoms with Gasteiger partial charge in [0.15, 0.2) is 16.9 Å². The number of hydrogen-bond donors (Lipinski definition) is 1. The first kappa shape index (κ1) is 22.2. The van der Waals surface area contributed by atoms with Crippen LogP contribution in [0, 0.1) is 0 Å². The van der Waals surface area contributed by atoms with Gasteiger partial charge >= 0.3 is 5.69 Å². The summed E-state index contributed by atoms with van der Waals surface area (Å²) in [6, 6.07) is 3.54. The summed E-state index contributed by atoms with van der Waals surface area (Å²) in [5.74, 6) is 0.412. The van der Waals surface area contributed by atoms with E-state index in [1.165, 1.54) is 23.0 Å². The second-order valence-corrected chi connectivity index (χ2v) is 9.41.